The molecule has 0 aromatic heterocycles. The molecule has 1 atom stereocenters. The van der Waals surface area contributed by atoms with E-state index >= 15 is 0 Å². The molecule has 6 nitrogen and oxygen atoms in total. The Morgan fingerprint density at radius 2 is 2.15 bits per heavy atom. The van der Waals surface area contributed by atoms with E-state index in [4.69, 9.17) is 10.5 Å². The first-order valence-electron chi connectivity index (χ1n) is 6.35. The first-order chi connectivity index (χ1) is 9.47. The number of benzene rings is 1. The third-order valence-electron chi connectivity index (χ3n) is 2.94. The number of aromatic carboxylic acids is 1. The number of methoxy groups -OCH3 is 1. The quantitative estimate of drug-likeness (QED) is 0.655. The average molecular weight is 280 g/mol. The summed E-state index contributed by atoms with van der Waals surface area (Å²) < 4.78 is 4.89. The number of nitrogens with two attached hydrogens (primary N) is 1. The van der Waals surface area contributed by atoms with Gasteiger partial charge >= 0.3 is 5.97 Å². The van der Waals surface area contributed by atoms with Gasteiger partial charge in [-0.3, -0.25) is 4.79 Å². The Bertz CT molecular complexity index is 488. The molecule has 1 aromatic carbocycles. The first-order valence-corrected chi connectivity index (χ1v) is 6.35. The van der Waals surface area contributed by atoms with Gasteiger partial charge in [-0.05, 0) is 31.4 Å². The van der Waals surface area contributed by atoms with Crippen molar-refractivity contribution in [3.8, 4) is 0 Å². The topological polar surface area (TPSA) is 102 Å². The molecule has 110 valence electrons. The smallest absolute Gasteiger partial charge is 0.338 e. The molecule has 4 N–H and O–H groups in total. The summed E-state index contributed by atoms with van der Waals surface area (Å²) in [5.41, 5.74) is 6.70. The number of hydrogen-bond acceptors (Lipinski definition) is 4. The Morgan fingerprint density at radius 1 is 1.45 bits per heavy atom. The zero-order valence-electron chi connectivity index (χ0n) is 11.7. The van der Waals surface area contributed by atoms with Gasteiger partial charge in [0.25, 0.3) is 0 Å². The third kappa shape index (κ3) is 4.32. The van der Waals surface area contributed by atoms with Crippen LogP contribution in [-0.4, -0.2) is 36.7 Å². The van der Waals surface area contributed by atoms with Crippen molar-refractivity contribution in [2.24, 2.45) is 5.73 Å². The molecule has 20 heavy (non-hydrogen) atoms. The Balaban J connectivity index is 2.75. The average Bonchev–Trinajstić information content (AvgIpc) is 2.38. The highest BCUT2D eigenvalue weighted by Gasteiger charge is 2.18. The summed E-state index contributed by atoms with van der Waals surface area (Å²) in [5.74, 6) is -1.47. The minimum absolute atomic E-state index is 0.0879. The highest BCUT2D eigenvalue weighted by molar-refractivity contribution is 6.02. The largest absolute Gasteiger partial charge is 0.478 e. The minimum Gasteiger partial charge on any atom is -0.478 e. The predicted octanol–water partition coefficient (Wildman–Crippen LogP) is 1.39. The molecule has 0 bridgehead atoms. The van der Waals surface area contributed by atoms with Gasteiger partial charge in [0.1, 0.15) is 0 Å². The van der Waals surface area contributed by atoms with Crippen LogP contribution in [0.2, 0.25) is 0 Å². The number of carboxylic acid groups (broad SMARTS) is 1. The summed E-state index contributed by atoms with van der Waals surface area (Å²) in [6, 6.07) is 4.23. The van der Waals surface area contributed by atoms with Crippen LogP contribution in [0.4, 0.5) is 5.69 Å². The van der Waals surface area contributed by atoms with Crippen LogP contribution in [-0.2, 0) is 9.53 Å². The van der Waals surface area contributed by atoms with E-state index in [1.54, 1.807) is 32.2 Å². The number of rotatable bonds is 7. The van der Waals surface area contributed by atoms with E-state index < -0.39 is 17.9 Å². The number of hydrogen-bond donors (Lipinski definition) is 3. The summed E-state index contributed by atoms with van der Waals surface area (Å²) in [4.78, 5) is 23.1. The van der Waals surface area contributed by atoms with E-state index in [9.17, 15) is 14.7 Å². The highest BCUT2D eigenvalue weighted by atomic mass is 16.5. The van der Waals surface area contributed by atoms with E-state index in [1.165, 1.54) is 0 Å². The predicted molar refractivity (Wildman–Crippen MR) is 75.9 cm³/mol. The molecule has 0 radical (unpaired) electrons. The molecule has 0 fully saturated rings. The summed E-state index contributed by atoms with van der Waals surface area (Å²) in [6.07, 6.45) is 1.15. The molecule has 0 aliphatic rings. The van der Waals surface area contributed by atoms with Crippen LogP contribution in [0.3, 0.4) is 0 Å². The Labute approximate surface area is 117 Å². The standard InChI is InChI=1S/C14H20N2O4/c1-9-5-3-7-11(12(9)14(18)19)16-13(17)10(15)6-4-8-20-2/h3,5,7,10H,4,6,8,15H2,1-2H3,(H,16,17)(H,18,19). The van der Waals surface area contributed by atoms with Crippen molar-refractivity contribution in [2.75, 3.05) is 19.0 Å². The van der Waals surface area contributed by atoms with Gasteiger partial charge in [-0.1, -0.05) is 12.1 Å². The minimum atomic E-state index is -1.08. The first kappa shape index (κ1) is 16.1. The van der Waals surface area contributed by atoms with Crippen LogP contribution >= 0.6 is 0 Å². The number of amides is 1. The second-order valence-electron chi connectivity index (χ2n) is 4.53. The number of carbonyl (C=O) groups excluding carboxylic acids is 1. The van der Waals surface area contributed by atoms with Gasteiger partial charge in [0, 0.05) is 13.7 Å². The fraction of sp³-hybridized carbons (Fsp3) is 0.429. The van der Waals surface area contributed by atoms with Crippen molar-refractivity contribution in [3.05, 3.63) is 29.3 Å². The maximum absolute atomic E-state index is 11.9. The Kier molecular flexibility index (Phi) is 6.14. The summed E-state index contributed by atoms with van der Waals surface area (Å²) in [6.45, 7) is 2.21. The van der Waals surface area contributed by atoms with E-state index in [0.717, 1.165) is 0 Å². The molecule has 1 unspecified atom stereocenters. The lowest BCUT2D eigenvalue weighted by Gasteiger charge is -2.14. The highest BCUT2D eigenvalue weighted by Crippen LogP contribution is 2.19. The number of nitrogens with one attached hydrogen (secondary N) is 1. The number of anilines is 1. The van der Waals surface area contributed by atoms with Crippen LogP contribution < -0.4 is 11.1 Å². The normalized spacial score (nSPS) is 11.9. The van der Waals surface area contributed by atoms with Gasteiger partial charge in [-0.2, -0.15) is 0 Å². The molecular formula is C14H20N2O4. The third-order valence-corrected chi connectivity index (χ3v) is 2.94. The number of carbonyl (C=O) groups is 2. The molecule has 0 aliphatic carbocycles. The van der Waals surface area contributed by atoms with Gasteiger partial charge < -0.3 is 20.9 Å². The van der Waals surface area contributed by atoms with Crippen molar-refractivity contribution in [1.29, 1.82) is 0 Å². The zero-order chi connectivity index (χ0) is 15.1. The molecule has 1 rings (SSSR count). The lowest BCUT2D eigenvalue weighted by Crippen LogP contribution is -2.36. The van der Waals surface area contributed by atoms with E-state index in [-0.39, 0.29) is 11.3 Å². The van der Waals surface area contributed by atoms with E-state index in [2.05, 4.69) is 5.32 Å². The van der Waals surface area contributed by atoms with Crippen molar-refractivity contribution in [1.82, 2.24) is 0 Å². The van der Waals surface area contributed by atoms with Crippen LogP contribution in [0.25, 0.3) is 0 Å². The molecule has 0 saturated heterocycles. The van der Waals surface area contributed by atoms with Crippen molar-refractivity contribution >= 4 is 17.6 Å². The second kappa shape index (κ2) is 7.62. The molecule has 0 aliphatic heterocycles. The van der Waals surface area contributed by atoms with Crippen LogP contribution in [0, 0.1) is 6.92 Å². The van der Waals surface area contributed by atoms with Crippen LogP contribution in [0.1, 0.15) is 28.8 Å². The molecule has 1 amide bonds. The number of carboxylic acids is 1. The number of aryl methyl sites for hydroxylation is 1. The van der Waals surface area contributed by atoms with Gasteiger partial charge in [0.2, 0.25) is 5.91 Å². The lowest BCUT2D eigenvalue weighted by atomic mass is 10.1. The fourth-order valence-electron chi connectivity index (χ4n) is 1.86. The van der Waals surface area contributed by atoms with Gasteiger partial charge in [0.05, 0.1) is 17.3 Å². The Hall–Kier alpha value is -1.92. The van der Waals surface area contributed by atoms with Gasteiger partial charge in [-0.15, -0.1) is 0 Å². The van der Waals surface area contributed by atoms with Gasteiger partial charge in [-0.25, -0.2) is 4.79 Å². The van der Waals surface area contributed by atoms with Crippen molar-refractivity contribution in [3.63, 3.8) is 0 Å². The molecule has 0 saturated carbocycles. The van der Waals surface area contributed by atoms with Crippen molar-refractivity contribution < 1.29 is 19.4 Å². The lowest BCUT2D eigenvalue weighted by molar-refractivity contribution is -0.117. The zero-order valence-corrected chi connectivity index (χ0v) is 11.7. The molecule has 0 spiro atoms. The fourth-order valence-corrected chi connectivity index (χ4v) is 1.86. The Morgan fingerprint density at radius 3 is 2.75 bits per heavy atom. The molecule has 0 heterocycles. The summed E-state index contributed by atoms with van der Waals surface area (Å²) >= 11 is 0. The van der Waals surface area contributed by atoms with Crippen molar-refractivity contribution in [2.45, 2.75) is 25.8 Å². The van der Waals surface area contributed by atoms with Crippen LogP contribution in [0.5, 0.6) is 0 Å². The van der Waals surface area contributed by atoms with E-state index in [1.807, 2.05) is 0 Å². The molecule has 6 heteroatoms. The van der Waals surface area contributed by atoms with Crippen LogP contribution in [0.15, 0.2) is 18.2 Å². The molecule has 1 aromatic rings. The monoisotopic (exact) mass is 280 g/mol. The second-order valence-corrected chi connectivity index (χ2v) is 4.53. The maximum Gasteiger partial charge on any atom is 0.338 e. The number of ether oxygens (including phenoxy) is 1. The SMILES string of the molecule is COCCCC(N)C(=O)Nc1cccc(C)c1C(=O)O. The summed E-state index contributed by atoms with van der Waals surface area (Å²) in [7, 11) is 1.58. The molecular weight excluding hydrogens is 260 g/mol. The maximum atomic E-state index is 11.9. The van der Waals surface area contributed by atoms with Gasteiger partial charge in [0.15, 0.2) is 0 Å². The van der Waals surface area contributed by atoms with E-state index in [0.29, 0.717) is 25.0 Å². The summed E-state index contributed by atoms with van der Waals surface area (Å²) in [5, 5.41) is 11.7.